The number of furan rings is 1. The summed E-state index contributed by atoms with van der Waals surface area (Å²) >= 11 is 0. The van der Waals surface area contributed by atoms with Gasteiger partial charge in [0, 0.05) is 12.0 Å². The lowest BCUT2D eigenvalue weighted by Crippen LogP contribution is -2.42. The molecular weight excluding hydrogens is 284 g/mol. The van der Waals surface area contributed by atoms with Crippen molar-refractivity contribution in [3.63, 3.8) is 0 Å². The molecule has 128 valence electrons. The van der Waals surface area contributed by atoms with Gasteiger partial charge in [-0.05, 0) is 47.3 Å². The van der Waals surface area contributed by atoms with Crippen LogP contribution in [0.5, 0.6) is 5.75 Å². The van der Waals surface area contributed by atoms with E-state index in [-0.39, 0.29) is 0 Å². The SMILES string of the molecule is C=COc1coc(C2CC3CC2C(C(C)(C)C)C3C(C)(C)C)c1. The molecule has 0 amide bonds. The second kappa shape index (κ2) is 5.43. The molecule has 0 N–H and O–H groups in total. The fourth-order valence-electron chi connectivity index (χ4n) is 5.80. The lowest BCUT2D eigenvalue weighted by molar-refractivity contribution is 0.0129. The normalized spacial score (nSPS) is 33.9. The van der Waals surface area contributed by atoms with E-state index in [9.17, 15) is 0 Å². The van der Waals surface area contributed by atoms with Gasteiger partial charge in [0.05, 0.1) is 6.26 Å². The van der Waals surface area contributed by atoms with Gasteiger partial charge in [-0.15, -0.1) is 0 Å². The third-order valence-corrected chi connectivity index (χ3v) is 6.19. The molecule has 2 heteroatoms. The van der Waals surface area contributed by atoms with Crippen LogP contribution in [0.4, 0.5) is 0 Å². The van der Waals surface area contributed by atoms with Crippen LogP contribution in [0.3, 0.4) is 0 Å². The zero-order chi connectivity index (χ0) is 17.0. The Hall–Kier alpha value is -1.18. The molecule has 3 rings (SSSR count). The van der Waals surface area contributed by atoms with Gasteiger partial charge in [0.1, 0.15) is 12.0 Å². The molecule has 2 bridgehead atoms. The Morgan fingerprint density at radius 2 is 1.74 bits per heavy atom. The summed E-state index contributed by atoms with van der Waals surface area (Å²) in [5.74, 6) is 5.54. The standard InChI is InChI=1S/C21H32O2/c1-8-22-14-11-17(23-12-14)15-9-13-10-16(15)19(21(5,6)7)18(13)20(2,3)4/h8,11-13,15-16,18-19H,1,9-10H2,2-7H3. The second-order valence-electron chi connectivity index (χ2n) is 9.75. The van der Waals surface area contributed by atoms with Crippen LogP contribution in [-0.4, -0.2) is 0 Å². The van der Waals surface area contributed by atoms with Gasteiger partial charge in [0.15, 0.2) is 5.75 Å². The van der Waals surface area contributed by atoms with E-state index in [2.05, 4.69) is 54.2 Å². The van der Waals surface area contributed by atoms with E-state index >= 15 is 0 Å². The zero-order valence-corrected chi connectivity index (χ0v) is 15.6. The topological polar surface area (TPSA) is 22.4 Å². The van der Waals surface area contributed by atoms with E-state index in [0.717, 1.165) is 35.2 Å². The van der Waals surface area contributed by atoms with E-state index in [1.807, 2.05) is 0 Å². The van der Waals surface area contributed by atoms with Crippen molar-refractivity contribution >= 4 is 0 Å². The summed E-state index contributed by atoms with van der Waals surface area (Å²) in [4.78, 5) is 0. The van der Waals surface area contributed by atoms with Gasteiger partial charge in [-0.2, -0.15) is 0 Å². The van der Waals surface area contributed by atoms with Crippen molar-refractivity contribution in [1.29, 1.82) is 0 Å². The van der Waals surface area contributed by atoms with E-state index < -0.39 is 0 Å². The predicted octanol–water partition coefficient (Wildman–Crippen LogP) is 6.25. The minimum Gasteiger partial charge on any atom is -0.465 e. The van der Waals surface area contributed by atoms with Gasteiger partial charge in [-0.1, -0.05) is 48.1 Å². The molecule has 2 aliphatic rings. The minimum atomic E-state index is 0.336. The largest absolute Gasteiger partial charge is 0.465 e. The molecule has 0 saturated heterocycles. The Morgan fingerprint density at radius 1 is 1.09 bits per heavy atom. The number of fused-ring (bicyclic) bond motifs is 2. The molecule has 0 aromatic carbocycles. The van der Waals surface area contributed by atoms with Crippen molar-refractivity contribution in [2.45, 2.75) is 60.3 Å². The summed E-state index contributed by atoms with van der Waals surface area (Å²) in [6.45, 7) is 18.2. The van der Waals surface area contributed by atoms with Crippen molar-refractivity contribution in [2.75, 3.05) is 0 Å². The summed E-state index contributed by atoms with van der Waals surface area (Å²) < 4.78 is 11.2. The molecule has 2 saturated carbocycles. The van der Waals surface area contributed by atoms with Gasteiger partial charge in [-0.25, -0.2) is 0 Å². The average molecular weight is 316 g/mol. The van der Waals surface area contributed by atoms with Crippen LogP contribution in [0.2, 0.25) is 0 Å². The smallest absolute Gasteiger partial charge is 0.164 e. The highest BCUT2D eigenvalue weighted by Gasteiger charge is 2.59. The summed E-state index contributed by atoms with van der Waals surface area (Å²) in [6.07, 6.45) is 5.80. The third kappa shape index (κ3) is 2.86. The van der Waals surface area contributed by atoms with Crippen molar-refractivity contribution in [2.24, 2.45) is 34.5 Å². The average Bonchev–Trinajstić information content (AvgIpc) is 3.08. The monoisotopic (exact) mass is 316 g/mol. The van der Waals surface area contributed by atoms with Crippen molar-refractivity contribution < 1.29 is 9.15 Å². The minimum absolute atomic E-state index is 0.336. The fraction of sp³-hybridized carbons (Fsp3) is 0.714. The number of hydrogen-bond donors (Lipinski definition) is 0. The molecule has 0 radical (unpaired) electrons. The summed E-state index contributed by atoms with van der Waals surface area (Å²) in [6, 6.07) is 2.07. The molecule has 1 aromatic heterocycles. The van der Waals surface area contributed by atoms with Gasteiger partial charge in [0.2, 0.25) is 0 Å². The van der Waals surface area contributed by atoms with E-state index in [0.29, 0.717) is 16.7 Å². The lowest BCUT2D eigenvalue weighted by atomic mass is 9.57. The molecule has 2 nitrogen and oxygen atoms in total. The summed E-state index contributed by atoms with van der Waals surface area (Å²) in [7, 11) is 0. The first-order valence-corrected chi connectivity index (χ1v) is 8.99. The zero-order valence-electron chi connectivity index (χ0n) is 15.6. The highest BCUT2D eigenvalue weighted by molar-refractivity contribution is 5.26. The molecule has 1 aromatic rings. The highest BCUT2D eigenvalue weighted by atomic mass is 16.5. The molecule has 2 fully saturated rings. The van der Waals surface area contributed by atoms with Crippen LogP contribution in [0.15, 0.2) is 29.6 Å². The van der Waals surface area contributed by atoms with Crippen LogP contribution in [0.1, 0.15) is 66.1 Å². The van der Waals surface area contributed by atoms with Gasteiger partial charge in [0.25, 0.3) is 0 Å². The molecule has 23 heavy (non-hydrogen) atoms. The number of ether oxygens (including phenoxy) is 1. The van der Waals surface area contributed by atoms with Crippen molar-refractivity contribution in [3.05, 3.63) is 30.9 Å². The van der Waals surface area contributed by atoms with E-state index in [4.69, 9.17) is 9.15 Å². The predicted molar refractivity (Wildman–Crippen MR) is 94.4 cm³/mol. The molecule has 0 spiro atoms. The lowest BCUT2D eigenvalue weighted by Gasteiger charge is -2.48. The summed E-state index contributed by atoms with van der Waals surface area (Å²) in [5.41, 5.74) is 0.714. The van der Waals surface area contributed by atoms with Crippen LogP contribution >= 0.6 is 0 Å². The Kier molecular flexibility index (Phi) is 3.93. The Bertz CT molecular complexity index is 569. The Morgan fingerprint density at radius 3 is 2.30 bits per heavy atom. The maximum Gasteiger partial charge on any atom is 0.164 e. The maximum absolute atomic E-state index is 5.86. The molecule has 2 aliphatic carbocycles. The van der Waals surface area contributed by atoms with E-state index in [1.54, 1.807) is 6.26 Å². The molecular formula is C21H32O2. The Labute approximate surface area is 141 Å². The van der Waals surface area contributed by atoms with Crippen LogP contribution in [-0.2, 0) is 0 Å². The molecule has 5 unspecified atom stereocenters. The quantitative estimate of drug-likeness (QED) is 0.615. The van der Waals surface area contributed by atoms with Crippen LogP contribution < -0.4 is 4.74 Å². The first-order chi connectivity index (χ1) is 10.6. The summed E-state index contributed by atoms with van der Waals surface area (Å²) in [5, 5.41) is 0. The highest BCUT2D eigenvalue weighted by Crippen LogP contribution is 2.66. The maximum atomic E-state index is 5.86. The first-order valence-electron chi connectivity index (χ1n) is 8.99. The molecule has 1 heterocycles. The number of hydrogen-bond acceptors (Lipinski definition) is 2. The molecule has 0 aliphatic heterocycles. The Balaban J connectivity index is 1.90. The third-order valence-electron chi connectivity index (χ3n) is 6.19. The first kappa shape index (κ1) is 16.7. The molecule has 5 atom stereocenters. The van der Waals surface area contributed by atoms with Crippen molar-refractivity contribution in [1.82, 2.24) is 0 Å². The fourth-order valence-corrected chi connectivity index (χ4v) is 5.80. The van der Waals surface area contributed by atoms with Crippen LogP contribution in [0.25, 0.3) is 0 Å². The van der Waals surface area contributed by atoms with Crippen molar-refractivity contribution in [3.8, 4) is 5.75 Å². The van der Waals surface area contributed by atoms with Crippen LogP contribution in [0, 0.1) is 34.5 Å². The second-order valence-corrected chi connectivity index (χ2v) is 9.75. The van der Waals surface area contributed by atoms with Gasteiger partial charge in [-0.3, -0.25) is 0 Å². The number of rotatable bonds is 3. The van der Waals surface area contributed by atoms with E-state index in [1.165, 1.54) is 19.1 Å². The van der Waals surface area contributed by atoms with Gasteiger partial charge >= 0.3 is 0 Å². The van der Waals surface area contributed by atoms with Gasteiger partial charge < -0.3 is 9.15 Å².